The van der Waals surface area contributed by atoms with Crippen molar-refractivity contribution in [2.45, 2.75) is 6.92 Å². The van der Waals surface area contributed by atoms with E-state index in [1.54, 1.807) is 5.01 Å². The van der Waals surface area contributed by atoms with Crippen molar-refractivity contribution in [2.75, 3.05) is 6.54 Å². The summed E-state index contributed by atoms with van der Waals surface area (Å²) in [6, 6.07) is 0. The summed E-state index contributed by atoms with van der Waals surface area (Å²) in [6.45, 7) is 2.76. The van der Waals surface area contributed by atoms with Crippen molar-refractivity contribution in [2.24, 2.45) is 5.84 Å². The van der Waals surface area contributed by atoms with Crippen LogP contribution in [0.25, 0.3) is 0 Å². The molecule has 50 valence electrons. The molecule has 0 aromatic heterocycles. The molecule has 0 spiro atoms. The van der Waals surface area contributed by atoms with Gasteiger partial charge in [-0.05, 0) is 19.1 Å². The Hall–Kier alpha value is -0.280. The fourth-order valence-corrected chi connectivity index (χ4v) is 1.05. The molecule has 0 aromatic rings. The molecule has 0 saturated carbocycles. The highest BCUT2D eigenvalue weighted by Gasteiger charge is 2.04. The van der Waals surface area contributed by atoms with Crippen molar-refractivity contribution in [3.63, 3.8) is 0 Å². The third kappa shape index (κ3) is 1.56. The maximum Gasteiger partial charge on any atom is 0.0653 e. The molecule has 1 rings (SSSR count). The average molecular weight is 189 g/mol. The van der Waals surface area contributed by atoms with Crippen LogP contribution in [0.1, 0.15) is 6.92 Å². The first-order valence-electron chi connectivity index (χ1n) is 2.75. The Morgan fingerprint density at radius 1 is 1.67 bits per heavy atom. The lowest BCUT2D eigenvalue weighted by molar-refractivity contribution is 0.393. The summed E-state index contributed by atoms with van der Waals surface area (Å²) >= 11 is 3.35. The van der Waals surface area contributed by atoms with Crippen molar-refractivity contribution in [1.29, 1.82) is 0 Å². The van der Waals surface area contributed by atoms with Gasteiger partial charge in [0.25, 0.3) is 0 Å². The van der Waals surface area contributed by atoms with Gasteiger partial charge in [-0.15, -0.1) is 0 Å². The van der Waals surface area contributed by atoms with E-state index in [-0.39, 0.29) is 0 Å². The minimum absolute atomic E-state index is 0.780. The minimum atomic E-state index is 0.780. The van der Waals surface area contributed by atoms with E-state index in [2.05, 4.69) is 15.9 Å². The molecule has 1 aliphatic heterocycles. The minimum Gasteiger partial charge on any atom is -0.311 e. The lowest BCUT2D eigenvalue weighted by Gasteiger charge is -2.21. The second-order valence-electron chi connectivity index (χ2n) is 2.05. The number of nitrogens with two attached hydrogens (primary N) is 1. The standard InChI is InChI=1S/C6H9BrN2/c1-5-2-3-6(7)4-9(5)8/h2-3H,4,8H2,1H3. The summed E-state index contributed by atoms with van der Waals surface area (Å²) in [5.41, 5.74) is 1.10. The van der Waals surface area contributed by atoms with Gasteiger partial charge in [-0.25, -0.2) is 5.84 Å². The third-order valence-corrected chi connectivity index (χ3v) is 1.79. The largest absolute Gasteiger partial charge is 0.311 e. The summed E-state index contributed by atoms with van der Waals surface area (Å²) < 4.78 is 1.12. The smallest absolute Gasteiger partial charge is 0.0653 e. The summed E-state index contributed by atoms with van der Waals surface area (Å²) in [5.74, 6) is 5.56. The van der Waals surface area contributed by atoms with Crippen LogP contribution in [0.4, 0.5) is 0 Å². The topological polar surface area (TPSA) is 29.3 Å². The number of hydrazine groups is 1. The molecule has 9 heavy (non-hydrogen) atoms. The summed E-state index contributed by atoms with van der Waals surface area (Å²) in [4.78, 5) is 0. The highest BCUT2D eigenvalue weighted by molar-refractivity contribution is 9.11. The van der Waals surface area contributed by atoms with Gasteiger partial charge < -0.3 is 5.01 Å². The van der Waals surface area contributed by atoms with Crippen molar-refractivity contribution >= 4 is 15.9 Å². The Morgan fingerprint density at radius 3 is 2.78 bits per heavy atom. The van der Waals surface area contributed by atoms with Gasteiger partial charge in [0.1, 0.15) is 0 Å². The van der Waals surface area contributed by atoms with Gasteiger partial charge in [-0.2, -0.15) is 0 Å². The van der Waals surface area contributed by atoms with Gasteiger partial charge in [0, 0.05) is 10.2 Å². The van der Waals surface area contributed by atoms with Gasteiger partial charge in [0.2, 0.25) is 0 Å². The van der Waals surface area contributed by atoms with E-state index in [0.717, 1.165) is 16.7 Å². The highest BCUT2D eigenvalue weighted by Crippen LogP contribution is 2.14. The summed E-state index contributed by atoms with van der Waals surface area (Å²) in [7, 11) is 0. The predicted octanol–water partition coefficient (Wildman–Crippen LogP) is 1.36. The molecule has 0 fully saturated rings. The van der Waals surface area contributed by atoms with Crippen LogP contribution < -0.4 is 5.84 Å². The number of hydrogen-bond donors (Lipinski definition) is 1. The number of hydrogen-bond acceptors (Lipinski definition) is 2. The van der Waals surface area contributed by atoms with Crippen LogP contribution in [-0.4, -0.2) is 11.6 Å². The zero-order chi connectivity index (χ0) is 6.85. The molecule has 2 nitrogen and oxygen atoms in total. The molecule has 1 aliphatic rings. The average Bonchev–Trinajstić information content (AvgIpc) is 1.80. The van der Waals surface area contributed by atoms with E-state index in [1.807, 2.05) is 19.1 Å². The fourth-order valence-electron chi connectivity index (χ4n) is 0.647. The van der Waals surface area contributed by atoms with E-state index in [0.29, 0.717) is 0 Å². The first-order chi connectivity index (χ1) is 4.20. The molecule has 0 saturated heterocycles. The first kappa shape index (κ1) is 6.83. The number of nitrogens with zero attached hydrogens (tertiary/aromatic N) is 1. The molecule has 0 aromatic carbocycles. The van der Waals surface area contributed by atoms with Gasteiger partial charge in [0.15, 0.2) is 0 Å². The second-order valence-corrected chi connectivity index (χ2v) is 3.07. The fraction of sp³-hybridized carbons (Fsp3) is 0.333. The van der Waals surface area contributed by atoms with Crippen molar-refractivity contribution in [3.05, 3.63) is 22.3 Å². The number of rotatable bonds is 0. The van der Waals surface area contributed by atoms with Crippen LogP contribution in [0.15, 0.2) is 22.3 Å². The van der Waals surface area contributed by atoms with E-state index in [1.165, 1.54) is 0 Å². The quantitative estimate of drug-likeness (QED) is 0.583. The lowest BCUT2D eigenvalue weighted by Crippen LogP contribution is -2.31. The normalized spacial score (nSPS) is 19.2. The Balaban J connectivity index is 2.74. The van der Waals surface area contributed by atoms with Gasteiger partial charge >= 0.3 is 0 Å². The SMILES string of the molecule is CC1=CC=C(Br)CN1N. The van der Waals surface area contributed by atoms with Gasteiger partial charge in [-0.1, -0.05) is 15.9 Å². The summed E-state index contributed by atoms with van der Waals surface area (Å²) in [6.07, 6.45) is 3.99. The van der Waals surface area contributed by atoms with E-state index >= 15 is 0 Å². The molecular formula is C6H9BrN2. The molecule has 2 N–H and O–H groups in total. The number of allylic oxidation sites excluding steroid dienone is 3. The molecule has 0 amide bonds. The monoisotopic (exact) mass is 188 g/mol. The van der Waals surface area contributed by atoms with Gasteiger partial charge in [0.05, 0.1) is 6.54 Å². The van der Waals surface area contributed by atoms with Crippen LogP contribution in [0.3, 0.4) is 0 Å². The van der Waals surface area contributed by atoms with Crippen LogP contribution in [0.5, 0.6) is 0 Å². The highest BCUT2D eigenvalue weighted by atomic mass is 79.9. The van der Waals surface area contributed by atoms with Crippen molar-refractivity contribution in [3.8, 4) is 0 Å². The molecule has 0 unspecified atom stereocenters. The molecule has 3 heteroatoms. The number of halogens is 1. The molecule has 0 bridgehead atoms. The van der Waals surface area contributed by atoms with Crippen LogP contribution in [0.2, 0.25) is 0 Å². The van der Waals surface area contributed by atoms with Crippen LogP contribution in [-0.2, 0) is 0 Å². The Morgan fingerprint density at radius 2 is 2.33 bits per heavy atom. The van der Waals surface area contributed by atoms with Crippen molar-refractivity contribution in [1.82, 2.24) is 5.01 Å². The summed E-state index contributed by atoms with van der Waals surface area (Å²) in [5, 5.41) is 1.70. The third-order valence-electron chi connectivity index (χ3n) is 1.28. The molecule has 1 heterocycles. The second kappa shape index (κ2) is 2.54. The molecule has 0 atom stereocenters. The molecular weight excluding hydrogens is 180 g/mol. The molecule has 0 radical (unpaired) electrons. The maximum atomic E-state index is 5.56. The Bertz CT molecular complexity index is 172. The van der Waals surface area contributed by atoms with Crippen LogP contribution in [0, 0.1) is 0 Å². The van der Waals surface area contributed by atoms with E-state index in [4.69, 9.17) is 5.84 Å². The Kier molecular flexibility index (Phi) is 1.93. The zero-order valence-corrected chi connectivity index (χ0v) is 6.85. The van der Waals surface area contributed by atoms with Crippen molar-refractivity contribution < 1.29 is 0 Å². The Labute approximate surface area is 63.1 Å². The lowest BCUT2D eigenvalue weighted by atomic mass is 10.3. The predicted molar refractivity (Wildman–Crippen MR) is 41.7 cm³/mol. The zero-order valence-electron chi connectivity index (χ0n) is 5.26. The maximum absolute atomic E-state index is 5.56. The van der Waals surface area contributed by atoms with Crippen LogP contribution >= 0.6 is 15.9 Å². The van der Waals surface area contributed by atoms with E-state index < -0.39 is 0 Å². The molecule has 0 aliphatic carbocycles. The first-order valence-corrected chi connectivity index (χ1v) is 3.54. The van der Waals surface area contributed by atoms with Gasteiger partial charge in [-0.3, -0.25) is 0 Å². The van der Waals surface area contributed by atoms with E-state index in [9.17, 15) is 0 Å².